The molecule has 2 aliphatic rings. The first-order valence-electron chi connectivity index (χ1n) is 7.84. The van der Waals surface area contributed by atoms with Gasteiger partial charge in [-0.1, -0.05) is 19.3 Å². The van der Waals surface area contributed by atoms with Crippen LogP contribution in [-0.2, 0) is 19.1 Å². The summed E-state index contributed by atoms with van der Waals surface area (Å²) < 4.78 is 4.76. The van der Waals surface area contributed by atoms with Crippen molar-refractivity contribution in [3.8, 4) is 0 Å². The summed E-state index contributed by atoms with van der Waals surface area (Å²) in [6.07, 6.45) is 5.90. The normalized spacial score (nSPS) is 23.2. The van der Waals surface area contributed by atoms with E-state index in [1.54, 1.807) is 6.92 Å². The van der Waals surface area contributed by atoms with E-state index in [0.717, 1.165) is 25.7 Å². The molecule has 21 heavy (non-hydrogen) atoms. The van der Waals surface area contributed by atoms with E-state index in [1.807, 2.05) is 4.90 Å². The molecular formula is C15H24N2O4. The molecule has 2 amide bonds. The first-order chi connectivity index (χ1) is 10.1. The number of nitrogens with one attached hydrogen (secondary N) is 1. The number of hydrogen-bond acceptors (Lipinski definition) is 4. The standard InChI is InChI=1S/C15H24N2O4/c1-2-21-14(19)9-16-15(20)11-8-13(18)17(10-11)12-6-4-3-5-7-12/h11-12H,2-10H2,1H3,(H,16,20). The Morgan fingerprint density at radius 3 is 2.67 bits per heavy atom. The first kappa shape index (κ1) is 15.8. The second-order valence-electron chi connectivity index (χ2n) is 5.76. The van der Waals surface area contributed by atoms with Crippen molar-refractivity contribution in [3.63, 3.8) is 0 Å². The summed E-state index contributed by atoms with van der Waals surface area (Å²) in [5.41, 5.74) is 0. The molecule has 1 N–H and O–H groups in total. The molecule has 1 aliphatic heterocycles. The molecule has 1 aliphatic carbocycles. The van der Waals surface area contributed by atoms with Crippen molar-refractivity contribution in [1.82, 2.24) is 10.2 Å². The molecule has 0 spiro atoms. The van der Waals surface area contributed by atoms with E-state index < -0.39 is 5.97 Å². The Bertz CT molecular complexity index is 404. The number of esters is 1. The lowest BCUT2D eigenvalue weighted by Gasteiger charge is -2.31. The van der Waals surface area contributed by atoms with Crippen molar-refractivity contribution in [2.45, 2.75) is 51.5 Å². The van der Waals surface area contributed by atoms with Crippen LogP contribution in [0.25, 0.3) is 0 Å². The van der Waals surface area contributed by atoms with Crippen LogP contribution < -0.4 is 5.32 Å². The lowest BCUT2D eigenvalue weighted by molar-refractivity contribution is -0.143. The van der Waals surface area contributed by atoms with E-state index in [9.17, 15) is 14.4 Å². The Morgan fingerprint density at radius 1 is 1.29 bits per heavy atom. The van der Waals surface area contributed by atoms with Gasteiger partial charge in [-0.05, 0) is 19.8 Å². The van der Waals surface area contributed by atoms with Gasteiger partial charge in [0, 0.05) is 19.0 Å². The van der Waals surface area contributed by atoms with Gasteiger partial charge in [0.25, 0.3) is 0 Å². The van der Waals surface area contributed by atoms with Crippen LogP contribution in [0.3, 0.4) is 0 Å². The summed E-state index contributed by atoms with van der Waals surface area (Å²) in [6.45, 7) is 2.38. The fourth-order valence-corrected chi connectivity index (χ4v) is 3.17. The van der Waals surface area contributed by atoms with E-state index in [2.05, 4.69) is 5.32 Å². The molecule has 2 fully saturated rings. The fourth-order valence-electron chi connectivity index (χ4n) is 3.17. The molecule has 1 saturated carbocycles. The van der Waals surface area contributed by atoms with Crippen molar-refractivity contribution in [3.05, 3.63) is 0 Å². The minimum Gasteiger partial charge on any atom is -0.465 e. The zero-order chi connectivity index (χ0) is 15.2. The van der Waals surface area contributed by atoms with E-state index in [1.165, 1.54) is 6.42 Å². The molecule has 6 nitrogen and oxygen atoms in total. The summed E-state index contributed by atoms with van der Waals surface area (Å²) in [6, 6.07) is 0.300. The van der Waals surface area contributed by atoms with Gasteiger partial charge in [0.05, 0.1) is 12.5 Å². The van der Waals surface area contributed by atoms with Crippen LogP contribution in [0, 0.1) is 5.92 Å². The number of ether oxygens (including phenoxy) is 1. The van der Waals surface area contributed by atoms with E-state index in [0.29, 0.717) is 19.2 Å². The van der Waals surface area contributed by atoms with Crippen molar-refractivity contribution < 1.29 is 19.1 Å². The molecular weight excluding hydrogens is 272 g/mol. The molecule has 0 aromatic heterocycles. The molecule has 1 saturated heterocycles. The summed E-state index contributed by atoms with van der Waals surface area (Å²) in [5, 5.41) is 2.56. The van der Waals surface area contributed by atoms with E-state index in [-0.39, 0.29) is 30.7 Å². The SMILES string of the molecule is CCOC(=O)CNC(=O)C1CC(=O)N(C2CCCCC2)C1. The highest BCUT2D eigenvalue weighted by Crippen LogP contribution is 2.28. The maximum atomic E-state index is 12.1. The Morgan fingerprint density at radius 2 is 2.00 bits per heavy atom. The van der Waals surface area contributed by atoms with Gasteiger partial charge < -0.3 is 15.0 Å². The molecule has 2 rings (SSSR count). The number of carbonyl (C=O) groups is 3. The highest BCUT2D eigenvalue weighted by Gasteiger charge is 2.38. The van der Waals surface area contributed by atoms with Crippen molar-refractivity contribution >= 4 is 17.8 Å². The van der Waals surface area contributed by atoms with Crippen LogP contribution >= 0.6 is 0 Å². The molecule has 0 aromatic carbocycles. The van der Waals surface area contributed by atoms with Crippen molar-refractivity contribution in [1.29, 1.82) is 0 Å². The average Bonchev–Trinajstić information content (AvgIpc) is 2.88. The van der Waals surface area contributed by atoms with E-state index in [4.69, 9.17) is 4.74 Å². The average molecular weight is 296 g/mol. The molecule has 0 bridgehead atoms. The summed E-state index contributed by atoms with van der Waals surface area (Å²) >= 11 is 0. The monoisotopic (exact) mass is 296 g/mol. The summed E-state index contributed by atoms with van der Waals surface area (Å²) in [4.78, 5) is 37.2. The number of amides is 2. The minimum absolute atomic E-state index is 0.0678. The molecule has 1 heterocycles. The van der Waals surface area contributed by atoms with Gasteiger partial charge in [0.15, 0.2) is 0 Å². The van der Waals surface area contributed by atoms with Crippen LogP contribution in [0.4, 0.5) is 0 Å². The van der Waals surface area contributed by atoms with Crippen LogP contribution in [0.1, 0.15) is 45.4 Å². The first-order valence-corrected chi connectivity index (χ1v) is 7.84. The second-order valence-corrected chi connectivity index (χ2v) is 5.76. The maximum Gasteiger partial charge on any atom is 0.325 e. The highest BCUT2D eigenvalue weighted by molar-refractivity contribution is 5.90. The molecule has 0 radical (unpaired) electrons. The zero-order valence-corrected chi connectivity index (χ0v) is 12.6. The second kappa shape index (κ2) is 7.43. The van der Waals surface area contributed by atoms with E-state index >= 15 is 0 Å². The fraction of sp³-hybridized carbons (Fsp3) is 0.800. The van der Waals surface area contributed by atoms with Crippen molar-refractivity contribution in [2.24, 2.45) is 5.92 Å². The van der Waals surface area contributed by atoms with Crippen LogP contribution in [0.5, 0.6) is 0 Å². The summed E-state index contributed by atoms with van der Waals surface area (Å²) in [7, 11) is 0. The third kappa shape index (κ3) is 4.19. The quantitative estimate of drug-likeness (QED) is 0.763. The Kier molecular flexibility index (Phi) is 5.59. The van der Waals surface area contributed by atoms with Gasteiger partial charge >= 0.3 is 5.97 Å². The summed E-state index contributed by atoms with van der Waals surface area (Å²) in [5.74, 6) is -0.943. The van der Waals surface area contributed by atoms with Crippen LogP contribution in [0.15, 0.2) is 0 Å². The number of carbonyl (C=O) groups excluding carboxylic acids is 3. The zero-order valence-electron chi connectivity index (χ0n) is 12.6. The third-order valence-corrected chi connectivity index (χ3v) is 4.26. The molecule has 118 valence electrons. The third-order valence-electron chi connectivity index (χ3n) is 4.26. The smallest absolute Gasteiger partial charge is 0.325 e. The molecule has 6 heteroatoms. The molecule has 1 unspecified atom stereocenters. The minimum atomic E-state index is -0.445. The van der Waals surface area contributed by atoms with Gasteiger partial charge in [-0.25, -0.2) is 0 Å². The Balaban J connectivity index is 1.81. The largest absolute Gasteiger partial charge is 0.465 e. The number of likely N-dealkylation sites (tertiary alicyclic amines) is 1. The van der Waals surface area contributed by atoms with Crippen LogP contribution in [0.2, 0.25) is 0 Å². The number of nitrogens with zero attached hydrogens (tertiary/aromatic N) is 1. The van der Waals surface area contributed by atoms with Gasteiger partial charge in [-0.2, -0.15) is 0 Å². The number of hydrogen-bond donors (Lipinski definition) is 1. The molecule has 1 atom stereocenters. The highest BCUT2D eigenvalue weighted by atomic mass is 16.5. The van der Waals surface area contributed by atoms with Gasteiger partial charge in [0.1, 0.15) is 6.54 Å². The van der Waals surface area contributed by atoms with Gasteiger partial charge in [-0.15, -0.1) is 0 Å². The topological polar surface area (TPSA) is 75.7 Å². The Hall–Kier alpha value is -1.59. The van der Waals surface area contributed by atoms with Crippen molar-refractivity contribution in [2.75, 3.05) is 19.7 Å². The lowest BCUT2D eigenvalue weighted by atomic mass is 9.94. The van der Waals surface area contributed by atoms with Crippen LogP contribution in [-0.4, -0.2) is 48.4 Å². The lowest BCUT2D eigenvalue weighted by Crippen LogP contribution is -2.40. The predicted molar refractivity (Wildman–Crippen MR) is 76.3 cm³/mol. The Labute approximate surface area is 125 Å². The predicted octanol–water partition coefficient (Wildman–Crippen LogP) is 0.847. The van der Waals surface area contributed by atoms with Gasteiger partial charge in [0.2, 0.25) is 11.8 Å². The molecule has 0 aromatic rings. The number of rotatable bonds is 5. The maximum absolute atomic E-state index is 12.1. The van der Waals surface area contributed by atoms with Gasteiger partial charge in [-0.3, -0.25) is 14.4 Å².